The second-order valence-electron chi connectivity index (χ2n) is 7.19. The minimum Gasteiger partial charge on any atom is -0.493 e. The van der Waals surface area contributed by atoms with Crippen LogP contribution in [0.2, 0.25) is 0 Å². The van der Waals surface area contributed by atoms with Gasteiger partial charge in [-0.1, -0.05) is 19.3 Å². The fourth-order valence-electron chi connectivity index (χ4n) is 3.88. The van der Waals surface area contributed by atoms with E-state index in [2.05, 4.69) is 26.0 Å². The van der Waals surface area contributed by atoms with Gasteiger partial charge in [-0.25, -0.2) is 0 Å². The van der Waals surface area contributed by atoms with Crippen LogP contribution < -0.4 is 9.47 Å². The summed E-state index contributed by atoms with van der Waals surface area (Å²) in [6.07, 6.45) is 7.51. The van der Waals surface area contributed by atoms with Crippen molar-refractivity contribution >= 4 is 5.71 Å². The summed E-state index contributed by atoms with van der Waals surface area (Å²) in [5.74, 6) is 2.23. The molecule has 1 aromatic rings. The topological polar surface area (TPSA) is 30.8 Å². The molecular weight excluding hydrogens is 274 g/mol. The maximum atomic E-state index is 5.51. The Balaban J connectivity index is 2.08. The van der Waals surface area contributed by atoms with Crippen molar-refractivity contribution in [3.63, 3.8) is 0 Å². The van der Waals surface area contributed by atoms with Crippen molar-refractivity contribution < 1.29 is 9.47 Å². The molecule has 0 spiro atoms. The van der Waals surface area contributed by atoms with Gasteiger partial charge in [0.25, 0.3) is 0 Å². The zero-order valence-corrected chi connectivity index (χ0v) is 14.2. The van der Waals surface area contributed by atoms with Crippen molar-refractivity contribution in [1.82, 2.24) is 0 Å². The van der Waals surface area contributed by atoms with Crippen LogP contribution in [0.3, 0.4) is 0 Å². The molecule has 3 heteroatoms. The van der Waals surface area contributed by atoms with E-state index in [0.717, 1.165) is 17.9 Å². The molecule has 1 aliphatic carbocycles. The Labute approximate surface area is 133 Å². The van der Waals surface area contributed by atoms with Crippen LogP contribution in [0.25, 0.3) is 0 Å². The molecule has 22 heavy (non-hydrogen) atoms. The molecule has 120 valence electrons. The minimum absolute atomic E-state index is 0.0284. The van der Waals surface area contributed by atoms with E-state index in [-0.39, 0.29) is 5.54 Å². The molecule has 1 heterocycles. The predicted molar refractivity (Wildman–Crippen MR) is 90.4 cm³/mol. The number of hydrogen-bond acceptors (Lipinski definition) is 3. The Morgan fingerprint density at radius 3 is 2.27 bits per heavy atom. The van der Waals surface area contributed by atoms with Crippen molar-refractivity contribution in [2.24, 2.45) is 10.9 Å². The molecule has 3 rings (SSSR count). The zero-order valence-electron chi connectivity index (χ0n) is 14.2. The molecule has 1 saturated carbocycles. The first kappa shape index (κ1) is 15.4. The lowest BCUT2D eigenvalue weighted by Gasteiger charge is -2.34. The van der Waals surface area contributed by atoms with E-state index in [9.17, 15) is 0 Å². The van der Waals surface area contributed by atoms with Gasteiger partial charge in [-0.3, -0.25) is 4.99 Å². The second kappa shape index (κ2) is 5.94. The first-order valence-corrected chi connectivity index (χ1v) is 8.39. The van der Waals surface area contributed by atoms with Crippen LogP contribution in [0.15, 0.2) is 17.1 Å². The van der Waals surface area contributed by atoms with E-state index >= 15 is 0 Å². The molecule has 1 aromatic carbocycles. The monoisotopic (exact) mass is 301 g/mol. The highest BCUT2D eigenvalue weighted by Gasteiger charge is 2.32. The number of aliphatic imine (C=N–C) groups is 1. The number of hydrogen-bond donors (Lipinski definition) is 0. The van der Waals surface area contributed by atoms with Gasteiger partial charge in [0.15, 0.2) is 11.5 Å². The quantitative estimate of drug-likeness (QED) is 0.828. The van der Waals surface area contributed by atoms with Crippen LogP contribution in [-0.4, -0.2) is 25.5 Å². The van der Waals surface area contributed by atoms with Crippen LogP contribution in [-0.2, 0) is 6.42 Å². The standard InChI is InChI=1S/C19H27NO2/c1-19(2)12-14-10-16(21-3)17(22-4)11-15(14)18(20-19)13-8-6-5-7-9-13/h10-11,13H,5-9,12H2,1-4H3. The second-order valence-corrected chi connectivity index (χ2v) is 7.19. The molecule has 2 aliphatic rings. The molecule has 0 aromatic heterocycles. The Kier molecular flexibility index (Phi) is 4.16. The summed E-state index contributed by atoms with van der Waals surface area (Å²) in [6.45, 7) is 4.46. The van der Waals surface area contributed by atoms with Gasteiger partial charge in [-0.05, 0) is 50.8 Å². The molecule has 0 bridgehead atoms. The van der Waals surface area contributed by atoms with E-state index in [1.807, 2.05) is 0 Å². The van der Waals surface area contributed by atoms with Crippen LogP contribution in [0.1, 0.15) is 57.1 Å². The van der Waals surface area contributed by atoms with Crippen molar-refractivity contribution in [2.75, 3.05) is 14.2 Å². The van der Waals surface area contributed by atoms with E-state index < -0.39 is 0 Å². The van der Waals surface area contributed by atoms with E-state index in [0.29, 0.717) is 5.92 Å². The molecule has 0 atom stereocenters. The molecule has 0 saturated heterocycles. The molecular formula is C19H27NO2. The maximum absolute atomic E-state index is 5.51. The fourth-order valence-corrected chi connectivity index (χ4v) is 3.88. The normalized spacial score (nSPS) is 21.0. The smallest absolute Gasteiger partial charge is 0.161 e. The number of rotatable bonds is 3. The summed E-state index contributed by atoms with van der Waals surface area (Å²) in [7, 11) is 3.41. The summed E-state index contributed by atoms with van der Waals surface area (Å²) in [5, 5.41) is 0. The molecule has 0 radical (unpaired) electrons. The summed E-state index contributed by atoms with van der Waals surface area (Å²) in [5.41, 5.74) is 3.90. The number of methoxy groups -OCH3 is 2. The fraction of sp³-hybridized carbons (Fsp3) is 0.632. The van der Waals surface area contributed by atoms with Gasteiger partial charge in [-0.2, -0.15) is 0 Å². The minimum atomic E-state index is -0.0284. The van der Waals surface area contributed by atoms with Gasteiger partial charge < -0.3 is 9.47 Å². The van der Waals surface area contributed by atoms with Gasteiger partial charge >= 0.3 is 0 Å². The lowest BCUT2D eigenvalue weighted by molar-refractivity contribution is 0.353. The Morgan fingerprint density at radius 2 is 1.64 bits per heavy atom. The lowest BCUT2D eigenvalue weighted by atomic mass is 9.78. The van der Waals surface area contributed by atoms with Crippen LogP contribution in [0, 0.1) is 5.92 Å². The van der Waals surface area contributed by atoms with Crippen LogP contribution >= 0.6 is 0 Å². The first-order chi connectivity index (χ1) is 10.5. The lowest BCUT2D eigenvalue weighted by Crippen LogP contribution is -2.33. The highest BCUT2D eigenvalue weighted by Crippen LogP contribution is 2.39. The van der Waals surface area contributed by atoms with E-state index in [4.69, 9.17) is 14.5 Å². The molecule has 1 fully saturated rings. The molecule has 0 amide bonds. The summed E-state index contributed by atoms with van der Waals surface area (Å²) in [6, 6.07) is 4.28. The first-order valence-electron chi connectivity index (χ1n) is 8.39. The Morgan fingerprint density at radius 1 is 1.00 bits per heavy atom. The number of ether oxygens (including phenoxy) is 2. The van der Waals surface area contributed by atoms with Crippen molar-refractivity contribution in [2.45, 2.75) is 57.9 Å². The van der Waals surface area contributed by atoms with E-state index in [1.54, 1.807) is 14.2 Å². The largest absolute Gasteiger partial charge is 0.493 e. The average molecular weight is 301 g/mol. The third-order valence-electron chi connectivity index (χ3n) is 4.92. The third kappa shape index (κ3) is 2.86. The van der Waals surface area contributed by atoms with Gasteiger partial charge in [0.2, 0.25) is 0 Å². The molecule has 3 nitrogen and oxygen atoms in total. The van der Waals surface area contributed by atoms with Crippen LogP contribution in [0.4, 0.5) is 0 Å². The number of benzene rings is 1. The van der Waals surface area contributed by atoms with Crippen molar-refractivity contribution in [1.29, 1.82) is 0 Å². The van der Waals surface area contributed by atoms with Gasteiger partial charge in [0, 0.05) is 17.2 Å². The van der Waals surface area contributed by atoms with E-state index in [1.165, 1.54) is 48.9 Å². The summed E-state index contributed by atoms with van der Waals surface area (Å²) >= 11 is 0. The maximum Gasteiger partial charge on any atom is 0.161 e. The van der Waals surface area contributed by atoms with Crippen molar-refractivity contribution in [3.8, 4) is 11.5 Å². The van der Waals surface area contributed by atoms with Gasteiger partial charge in [0.05, 0.1) is 19.8 Å². The zero-order chi connectivity index (χ0) is 15.7. The number of fused-ring (bicyclic) bond motifs is 1. The highest BCUT2D eigenvalue weighted by atomic mass is 16.5. The predicted octanol–water partition coefficient (Wildman–Crippen LogP) is 4.41. The summed E-state index contributed by atoms with van der Waals surface area (Å²) < 4.78 is 11.0. The number of nitrogens with zero attached hydrogens (tertiary/aromatic N) is 1. The average Bonchev–Trinajstić information content (AvgIpc) is 2.53. The van der Waals surface area contributed by atoms with Crippen LogP contribution in [0.5, 0.6) is 11.5 Å². The van der Waals surface area contributed by atoms with Crippen molar-refractivity contribution in [3.05, 3.63) is 23.3 Å². The highest BCUT2D eigenvalue weighted by molar-refractivity contribution is 6.05. The van der Waals surface area contributed by atoms with Gasteiger partial charge in [0.1, 0.15) is 0 Å². The SMILES string of the molecule is COc1cc2c(cc1OC)C(C1CCCCC1)=NC(C)(C)C2. The third-order valence-corrected chi connectivity index (χ3v) is 4.92. The molecule has 0 unspecified atom stereocenters. The molecule has 1 aliphatic heterocycles. The Bertz CT molecular complexity index is 583. The van der Waals surface area contributed by atoms with Gasteiger partial charge in [-0.15, -0.1) is 0 Å². The summed E-state index contributed by atoms with van der Waals surface area (Å²) in [4.78, 5) is 5.13. The molecule has 0 N–H and O–H groups in total. The Hall–Kier alpha value is -1.51.